The van der Waals surface area contributed by atoms with Crippen LogP contribution in [-0.4, -0.2) is 43.0 Å². The molecule has 0 saturated carbocycles. The Kier molecular flexibility index (Phi) is 6.44. The van der Waals surface area contributed by atoms with Crippen molar-refractivity contribution in [1.82, 2.24) is 0 Å². The molecule has 1 aromatic rings. The molecule has 10 heteroatoms. The minimum absolute atomic E-state index is 0.0373. The molecule has 0 aliphatic rings. The fraction of sp³-hybridized carbons (Fsp3) is 0.333. The first-order chi connectivity index (χ1) is 10.2. The van der Waals surface area contributed by atoms with Gasteiger partial charge in [0.15, 0.2) is 6.61 Å². The molecule has 0 heterocycles. The fourth-order valence-electron chi connectivity index (χ4n) is 1.29. The lowest BCUT2D eigenvalue weighted by molar-refractivity contribution is -0.174. The van der Waals surface area contributed by atoms with E-state index >= 15 is 0 Å². The lowest BCUT2D eigenvalue weighted by Crippen LogP contribution is -2.24. The number of hydrogen-bond donors (Lipinski definition) is 2. The molecule has 0 aromatic heterocycles. The van der Waals surface area contributed by atoms with Gasteiger partial charge in [-0.3, -0.25) is 4.79 Å². The third kappa shape index (κ3) is 7.14. The quantitative estimate of drug-likeness (QED) is 0.795. The predicted molar refractivity (Wildman–Crippen MR) is 70.1 cm³/mol. The topological polar surface area (TPSA) is 84.9 Å². The first-order valence-corrected chi connectivity index (χ1v) is 6.13. The summed E-state index contributed by atoms with van der Waals surface area (Å²) < 4.78 is 44.5. The number of alkyl halides is 3. The van der Waals surface area contributed by atoms with Crippen LogP contribution in [0, 0.1) is 0 Å². The highest BCUT2D eigenvalue weighted by Gasteiger charge is 2.27. The zero-order chi connectivity index (χ0) is 16.8. The molecule has 1 amide bonds. The summed E-state index contributed by atoms with van der Waals surface area (Å²) in [6.45, 7) is -2.88. The van der Waals surface area contributed by atoms with Crippen LogP contribution in [-0.2, 0) is 14.3 Å². The summed E-state index contributed by atoms with van der Waals surface area (Å²) in [6.07, 6.45) is -4.51. The van der Waals surface area contributed by atoms with Gasteiger partial charge in [0.2, 0.25) is 5.91 Å². The highest BCUT2D eigenvalue weighted by atomic mass is 35.5. The van der Waals surface area contributed by atoms with E-state index in [9.17, 15) is 22.8 Å². The van der Waals surface area contributed by atoms with E-state index in [1.165, 1.54) is 18.2 Å². The van der Waals surface area contributed by atoms with Crippen molar-refractivity contribution in [1.29, 1.82) is 0 Å². The number of amides is 1. The molecule has 0 unspecified atom stereocenters. The van der Waals surface area contributed by atoms with E-state index in [2.05, 4.69) is 10.1 Å². The number of carbonyl (C=O) groups is 2. The second kappa shape index (κ2) is 7.85. The second-order valence-electron chi connectivity index (χ2n) is 3.98. The average molecular weight is 342 g/mol. The number of carboxylic acid groups (broad SMARTS) is 1. The number of anilines is 1. The SMILES string of the molecule is O=C(O)COc1ccc(NC(=O)COCC(F)(F)F)cc1Cl. The molecule has 0 bridgehead atoms. The lowest BCUT2D eigenvalue weighted by atomic mass is 10.3. The predicted octanol–water partition coefficient (Wildman–Crippen LogP) is 2.32. The van der Waals surface area contributed by atoms with Gasteiger partial charge in [-0.15, -0.1) is 0 Å². The van der Waals surface area contributed by atoms with E-state index in [0.29, 0.717) is 0 Å². The van der Waals surface area contributed by atoms with Gasteiger partial charge >= 0.3 is 12.1 Å². The maximum Gasteiger partial charge on any atom is 0.411 e. The van der Waals surface area contributed by atoms with Crippen molar-refractivity contribution < 1.29 is 37.3 Å². The standard InChI is InChI=1S/C12H11ClF3NO5/c13-8-3-7(1-2-9(8)22-5-11(19)20)17-10(18)4-21-6-12(14,15)16/h1-3H,4-6H2,(H,17,18)(H,19,20). The Morgan fingerprint density at radius 1 is 1.27 bits per heavy atom. The van der Waals surface area contributed by atoms with E-state index < -0.39 is 37.9 Å². The van der Waals surface area contributed by atoms with Crippen LogP contribution in [0.3, 0.4) is 0 Å². The van der Waals surface area contributed by atoms with Crippen molar-refractivity contribution >= 4 is 29.2 Å². The molecular weight excluding hydrogens is 331 g/mol. The number of ether oxygens (including phenoxy) is 2. The van der Waals surface area contributed by atoms with Gasteiger partial charge in [-0.1, -0.05) is 11.6 Å². The van der Waals surface area contributed by atoms with Crippen LogP contribution < -0.4 is 10.1 Å². The van der Waals surface area contributed by atoms with Gasteiger partial charge in [0, 0.05) is 5.69 Å². The molecular formula is C12H11ClF3NO5. The second-order valence-corrected chi connectivity index (χ2v) is 4.39. The zero-order valence-corrected chi connectivity index (χ0v) is 11.7. The summed E-state index contributed by atoms with van der Waals surface area (Å²) in [6, 6.07) is 3.93. The van der Waals surface area contributed by atoms with Crippen LogP contribution in [0.25, 0.3) is 0 Å². The highest BCUT2D eigenvalue weighted by Crippen LogP contribution is 2.27. The highest BCUT2D eigenvalue weighted by molar-refractivity contribution is 6.32. The van der Waals surface area contributed by atoms with Crippen molar-refractivity contribution in [2.75, 3.05) is 25.1 Å². The van der Waals surface area contributed by atoms with E-state index in [1.54, 1.807) is 0 Å². The molecule has 0 aliphatic carbocycles. The average Bonchev–Trinajstić information content (AvgIpc) is 2.35. The largest absolute Gasteiger partial charge is 0.480 e. The van der Waals surface area contributed by atoms with E-state index in [-0.39, 0.29) is 16.5 Å². The molecule has 0 aliphatic heterocycles. The van der Waals surface area contributed by atoms with E-state index in [1.807, 2.05) is 0 Å². The summed E-state index contributed by atoms with van der Waals surface area (Å²) in [5.74, 6) is -1.88. The van der Waals surface area contributed by atoms with E-state index in [4.69, 9.17) is 21.4 Å². The third-order valence-electron chi connectivity index (χ3n) is 2.07. The number of halogens is 4. The summed E-state index contributed by atoms with van der Waals surface area (Å²) in [4.78, 5) is 21.7. The van der Waals surface area contributed by atoms with Crippen molar-refractivity contribution in [2.24, 2.45) is 0 Å². The van der Waals surface area contributed by atoms with Crippen LogP contribution in [0.4, 0.5) is 18.9 Å². The van der Waals surface area contributed by atoms with Crippen molar-refractivity contribution in [2.45, 2.75) is 6.18 Å². The molecule has 22 heavy (non-hydrogen) atoms. The van der Waals surface area contributed by atoms with Gasteiger partial charge in [-0.05, 0) is 18.2 Å². The van der Waals surface area contributed by atoms with Crippen LogP contribution in [0.15, 0.2) is 18.2 Å². The Morgan fingerprint density at radius 2 is 1.95 bits per heavy atom. The Labute approximate surface area is 127 Å². The number of carboxylic acids is 1. The minimum atomic E-state index is -4.51. The van der Waals surface area contributed by atoms with Gasteiger partial charge in [-0.2, -0.15) is 13.2 Å². The van der Waals surface area contributed by atoms with Gasteiger partial charge in [0.1, 0.15) is 19.0 Å². The number of rotatable bonds is 7. The Balaban J connectivity index is 2.50. The van der Waals surface area contributed by atoms with Crippen LogP contribution in [0.2, 0.25) is 5.02 Å². The monoisotopic (exact) mass is 341 g/mol. The van der Waals surface area contributed by atoms with Crippen LogP contribution >= 0.6 is 11.6 Å². The summed E-state index contributed by atoms with van der Waals surface area (Å²) in [5, 5.41) is 10.8. The molecule has 1 aromatic carbocycles. The molecule has 122 valence electrons. The molecule has 0 fully saturated rings. The Morgan fingerprint density at radius 3 is 2.50 bits per heavy atom. The number of carbonyl (C=O) groups excluding carboxylic acids is 1. The minimum Gasteiger partial charge on any atom is -0.480 e. The lowest BCUT2D eigenvalue weighted by Gasteiger charge is -2.10. The van der Waals surface area contributed by atoms with Gasteiger partial charge in [0.05, 0.1) is 5.02 Å². The van der Waals surface area contributed by atoms with Gasteiger partial charge < -0.3 is 19.9 Å². The van der Waals surface area contributed by atoms with Crippen molar-refractivity contribution in [3.63, 3.8) is 0 Å². The first-order valence-electron chi connectivity index (χ1n) is 5.76. The molecule has 0 saturated heterocycles. The van der Waals surface area contributed by atoms with E-state index in [0.717, 1.165) is 0 Å². The molecule has 0 spiro atoms. The maximum atomic E-state index is 11.8. The summed E-state index contributed by atoms with van der Waals surface area (Å²) in [7, 11) is 0. The molecule has 0 radical (unpaired) electrons. The molecule has 6 nitrogen and oxygen atoms in total. The van der Waals surface area contributed by atoms with Crippen LogP contribution in [0.5, 0.6) is 5.75 Å². The van der Waals surface area contributed by atoms with Crippen molar-refractivity contribution in [3.8, 4) is 5.75 Å². The third-order valence-corrected chi connectivity index (χ3v) is 2.36. The maximum absolute atomic E-state index is 11.8. The van der Waals surface area contributed by atoms with Crippen molar-refractivity contribution in [3.05, 3.63) is 23.2 Å². The molecule has 0 atom stereocenters. The fourth-order valence-corrected chi connectivity index (χ4v) is 1.53. The number of hydrogen-bond acceptors (Lipinski definition) is 4. The zero-order valence-electron chi connectivity index (χ0n) is 10.9. The Bertz CT molecular complexity index is 550. The number of benzene rings is 1. The van der Waals surface area contributed by atoms with Gasteiger partial charge in [-0.25, -0.2) is 4.79 Å². The Hall–Kier alpha value is -2.00. The van der Waals surface area contributed by atoms with Crippen LogP contribution in [0.1, 0.15) is 0 Å². The first kappa shape index (κ1) is 18.1. The molecule has 2 N–H and O–H groups in total. The summed E-state index contributed by atoms with van der Waals surface area (Å²) in [5.41, 5.74) is 0.202. The molecule has 1 rings (SSSR count). The number of nitrogens with one attached hydrogen (secondary N) is 1. The number of aliphatic carboxylic acids is 1. The summed E-state index contributed by atoms with van der Waals surface area (Å²) >= 11 is 5.81. The van der Waals surface area contributed by atoms with Gasteiger partial charge in [0.25, 0.3) is 0 Å². The normalized spacial score (nSPS) is 11.1. The smallest absolute Gasteiger partial charge is 0.411 e.